The number of halogens is 3. The number of hydrogen-bond donors (Lipinski definition) is 0. The molecule has 0 amide bonds. The SMILES string of the molecule is C=CCOc1ccc(OC)cc1[B-](F)(F)F. The van der Waals surface area contributed by atoms with Gasteiger partial charge >= 0.3 is 6.98 Å². The van der Waals surface area contributed by atoms with Gasteiger partial charge in [0.15, 0.2) is 0 Å². The van der Waals surface area contributed by atoms with E-state index in [9.17, 15) is 12.9 Å². The summed E-state index contributed by atoms with van der Waals surface area (Å²) in [5, 5.41) is 0. The monoisotopic (exact) mass is 231 g/mol. The normalized spacial score (nSPS) is 11.0. The summed E-state index contributed by atoms with van der Waals surface area (Å²) in [5.74, 6) is -0.0478. The van der Waals surface area contributed by atoms with Gasteiger partial charge in [-0.2, -0.15) is 0 Å². The lowest BCUT2D eigenvalue weighted by molar-refractivity contribution is 0.361. The van der Waals surface area contributed by atoms with Gasteiger partial charge in [0, 0.05) is 0 Å². The molecule has 0 heterocycles. The molecule has 1 rings (SSSR count). The van der Waals surface area contributed by atoms with Gasteiger partial charge in [-0.3, -0.25) is 0 Å². The molecule has 16 heavy (non-hydrogen) atoms. The van der Waals surface area contributed by atoms with E-state index in [1.54, 1.807) is 0 Å². The second kappa shape index (κ2) is 4.96. The average Bonchev–Trinajstić information content (AvgIpc) is 2.25. The zero-order chi connectivity index (χ0) is 12.2. The van der Waals surface area contributed by atoms with Crippen molar-refractivity contribution in [1.82, 2.24) is 0 Å². The van der Waals surface area contributed by atoms with Gasteiger partial charge < -0.3 is 22.4 Å². The minimum Gasteiger partial charge on any atom is -0.497 e. The highest BCUT2D eigenvalue weighted by atomic mass is 19.4. The number of methoxy groups -OCH3 is 1. The molecule has 0 saturated heterocycles. The standard InChI is InChI=1S/C10H11BF3O2/c1-3-6-16-10-5-4-8(15-2)7-9(10)11(12,13)14/h3-5,7H,1,6H2,2H3/q-1. The third-order valence-electron chi connectivity index (χ3n) is 1.93. The zero-order valence-corrected chi connectivity index (χ0v) is 8.75. The minimum absolute atomic E-state index is 0.0332. The lowest BCUT2D eigenvalue weighted by atomic mass is 9.79. The first-order valence-corrected chi connectivity index (χ1v) is 4.60. The predicted molar refractivity (Wildman–Crippen MR) is 57.4 cm³/mol. The van der Waals surface area contributed by atoms with Crippen molar-refractivity contribution in [2.75, 3.05) is 13.7 Å². The lowest BCUT2D eigenvalue weighted by Gasteiger charge is -2.20. The number of rotatable bonds is 5. The Balaban J connectivity index is 3.11. The van der Waals surface area contributed by atoms with Crippen LogP contribution in [0.1, 0.15) is 0 Å². The fourth-order valence-corrected chi connectivity index (χ4v) is 1.19. The molecule has 1 aromatic rings. The molecule has 0 atom stereocenters. The first kappa shape index (κ1) is 12.5. The van der Waals surface area contributed by atoms with Gasteiger partial charge in [-0.1, -0.05) is 18.1 Å². The van der Waals surface area contributed by atoms with Gasteiger partial charge in [-0.05, 0) is 18.2 Å². The molecule has 0 bridgehead atoms. The molecule has 88 valence electrons. The third kappa shape index (κ3) is 2.95. The first-order chi connectivity index (χ1) is 7.49. The van der Waals surface area contributed by atoms with Crippen LogP contribution in [0.3, 0.4) is 0 Å². The largest absolute Gasteiger partial charge is 0.513 e. The lowest BCUT2D eigenvalue weighted by Crippen LogP contribution is -2.35. The van der Waals surface area contributed by atoms with Gasteiger partial charge in [0.25, 0.3) is 0 Å². The molecule has 6 heteroatoms. The number of benzene rings is 1. The summed E-state index contributed by atoms with van der Waals surface area (Å²) < 4.78 is 47.8. The van der Waals surface area contributed by atoms with E-state index in [1.165, 1.54) is 25.3 Å². The van der Waals surface area contributed by atoms with Crippen molar-refractivity contribution in [3.63, 3.8) is 0 Å². The van der Waals surface area contributed by atoms with E-state index in [0.717, 1.165) is 6.07 Å². The summed E-state index contributed by atoms with van der Waals surface area (Å²) in [4.78, 5) is 0. The summed E-state index contributed by atoms with van der Waals surface area (Å²) in [6, 6.07) is 3.59. The topological polar surface area (TPSA) is 18.5 Å². The molecular weight excluding hydrogens is 220 g/mol. The average molecular weight is 231 g/mol. The van der Waals surface area contributed by atoms with Gasteiger partial charge in [0.05, 0.1) is 12.9 Å². The van der Waals surface area contributed by atoms with Crippen molar-refractivity contribution in [3.05, 3.63) is 30.9 Å². The van der Waals surface area contributed by atoms with E-state index in [4.69, 9.17) is 9.47 Å². The second-order valence-corrected chi connectivity index (χ2v) is 3.08. The Bertz CT molecular complexity index is 377. The van der Waals surface area contributed by atoms with Crippen LogP contribution in [0.25, 0.3) is 0 Å². The van der Waals surface area contributed by atoms with Gasteiger partial charge in [0.2, 0.25) is 0 Å². The van der Waals surface area contributed by atoms with E-state index >= 15 is 0 Å². The van der Waals surface area contributed by atoms with E-state index in [-0.39, 0.29) is 18.1 Å². The van der Waals surface area contributed by atoms with Crippen LogP contribution < -0.4 is 14.9 Å². The molecule has 0 saturated carbocycles. The van der Waals surface area contributed by atoms with Crippen LogP contribution in [0.2, 0.25) is 0 Å². The maximum Gasteiger partial charge on any atom is 0.513 e. The van der Waals surface area contributed by atoms with Crippen LogP contribution in [-0.2, 0) is 0 Å². The summed E-state index contributed by atoms with van der Waals surface area (Å²) in [7, 11) is 1.31. The smallest absolute Gasteiger partial charge is 0.497 e. The van der Waals surface area contributed by atoms with Crippen LogP contribution in [0.5, 0.6) is 11.5 Å². The molecule has 0 fully saturated rings. The third-order valence-corrected chi connectivity index (χ3v) is 1.93. The Morgan fingerprint density at radius 1 is 1.38 bits per heavy atom. The number of ether oxygens (including phenoxy) is 2. The Hall–Kier alpha value is -1.59. The van der Waals surface area contributed by atoms with Crippen molar-refractivity contribution < 1.29 is 22.4 Å². The molecule has 0 aliphatic carbocycles. The molecule has 0 spiro atoms. The summed E-state index contributed by atoms with van der Waals surface area (Å²) in [6.45, 7) is -1.71. The van der Waals surface area contributed by atoms with Gasteiger partial charge in [-0.25, -0.2) is 0 Å². The highest BCUT2D eigenvalue weighted by Crippen LogP contribution is 2.22. The quantitative estimate of drug-likeness (QED) is 0.571. The summed E-state index contributed by atoms with van der Waals surface area (Å²) in [5.41, 5.74) is -0.791. The molecule has 0 aliphatic heterocycles. The molecule has 0 unspecified atom stereocenters. The van der Waals surface area contributed by atoms with Crippen LogP contribution in [0.4, 0.5) is 12.9 Å². The van der Waals surface area contributed by atoms with E-state index in [1.807, 2.05) is 0 Å². The minimum atomic E-state index is -5.12. The second-order valence-electron chi connectivity index (χ2n) is 3.08. The van der Waals surface area contributed by atoms with Crippen molar-refractivity contribution in [1.29, 1.82) is 0 Å². The van der Waals surface area contributed by atoms with Crippen molar-refractivity contribution in [2.24, 2.45) is 0 Å². The summed E-state index contributed by atoms with van der Waals surface area (Å²) in [6.07, 6.45) is 1.39. The van der Waals surface area contributed by atoms with Crippen LogP contribution in [-0.4, -0.2) is 20.7 Å². The Morgan fingerprint density at radius 2 is 2.06 bits per heavy atom. The van der Waals surface area contributed by atoms with Crippen molar-refractivity contribution >= 4 is 12.4 Å². The predicted octanol–water partition coefficient (Wildman–Crippen LogP) is 2.31. The van der Waals surface area contributed by atoms with Crippen molar-refractivity contribution in [2.45, 2.75) is 0 Å². The maximum absolute atomic E-state index is 12.7. The maximum atomic E-state index is 12.7. The van der Waals surface area contributed by atoms with E-state index in [0.29, 0.717) is 0 Å². The summed E-state index contributed by atoms with van der Waals surface area (Å²) >= 11 is 0. The molecule has 0 N–H and O–H groups in total. The Kier molecular flexibility index (Phi) is 3.87. The van der Waals surface area contributed by atoms with Crippen LogP contribution in [0.15, 0.2) is 30.9 Å². The van der Waals surface area contributed by atoms with Crippen LogP contribution >= 0.6 is 0 Å². The van der Waals surface area contributed by atoms with E-state index < -0.39 is 12.4 Å². The highest BCUT2D eigenvalue weighted by Gasteiger charge is 2.29. The number of hydrogen-bond acceptors (Lipinski definition) is 2. The fourth-order valence-electron chi connectivity index (χ4n) is 1.19. The van der Waals surface area contributed by atoms with Crippen LogP contribution in [0, 0.1) is 0 Å². The molecule has 0 aliphatic rings. The Labute approximate surface area is 91.7 Å². The molecule has 2 nitrogen and oxygen atoms in total. The zero-order valence-electron chi connectivity index (χ0n) is 8.75. The fraction of sp³-hybridized carbons (Fsp3) is 0.200. The van der Waals surface area contributed by atoms with Gasteiger partial charge in [0.1, 0.15) is 12.4 Å². The Morgan fingerprint density at radius 3 is 2.56 bits per heavy atom. The molecule has 1 aromatic carbocycles. The first-order valence-electron chi connectivity index (χ1n) is 4.60. The molecule has 0 radical (unpaired) electrons. The van der Waals surface area contributed by atoms with Crippen molar-refractivity contribution in [3.8, 4) is 11.5 Å². The van der Waals surface area contributed by atoms with E-state index in [2.05, 4.69) is 6.58 Å². The highest BCUT2D eigenvalue weighted by molar-refractivity contribution is 6.74. The molecular formula is C10H11BF3O2-. The van der Waals surface area contributed by atoms with Gasteiger partial charge in [-0.15, -0.1) is 0 Å². The molecule has 0 aromatic heterocycles.